The summed E-state index contributed by atoms with van der Waals surface area (Å²) in [6, 6.07) is 0. The summed E-state index contributed by atoms with van der Waals surface area (Å²) in [5.41, 5.74) is 2.85. The van der Waals surface area contributed by atoms with Crippen LogP contribution in [0, 0.1) is 0 Å². The van der Waals surface area contributed by atoms with Gasteiger partial charge in [0.25, 0.3) is 0 Å². The van der Waals surface area contributed by atoms with Gasteiger partial charge in [0.2, 0.25) is 0 Å². The van der Waals surface area contributed by atoms with Gasteiger partial charge in [0.05, 0.1) is 5.57 Å². The summed E-state index contributed by atoms with van der Waals surface area (Å²) in [5, 5.41) is 0. The zero-order chi connectivity index (χ0) is 10.6. The van der Waals surface area contributed by atoms with Crippen LogP contribution in [0.15, 0.2) is 17.9 Å². The highest BCUT2D eigenvalue weighted by molar-refractivity contribution is 5.87. The molecule has 2 heteroatoms. The molecule has 0 aromatic rings. The van der Waals surface area contributed by atoms with Crippen molar-refractivity contribution in [2.75, 3.05) is 0 Å². The third-order valence-corrected chi connectivity index (χ3v) is 3.04. The van der Waals surface area contributed by atoms with Gasteiger partial charge in [-0.15, -0.1) is 5.73 Å². The first-order valence-corrected chi connectivity index (χ1v) is 5.23. The number of carbonyl (C=O) groups excluding carboxylic acids is 1. The first-order chi connectivity index (χ1) is 6.63. The molecule has 0 heterocycles. The van der Waals surface area contributed by atoms with Crippen LogP contribution in [0.3, 0.4) is 0 Å². The molecule has 0 aromatic carbocycles. The normalized spacial score (nSPS) is 18.7. The van der Waals surface area contributed by atoms with E-state index >= 15 is 0 Å². The van der Waals surface area contributed by atoms with E-state index in [2.05, 4.69) is 19.2 Å². The van der Waals surface area contributed by atoms with E-state index in [1.807, 2.05) is 0 Å². The third-order valence-electron chi connectivity index (χ3n) is 3.04. The Morgan fingerprint density at radius 1 is 1.50 bits per heavy atom. The Kier molecular flexibility index (Phi) is 3.54. The van der Waals surface area contributed by atoms with Crippen molar-refractivity contribution in [2.45, 2.75) is 51.6 Å². The van der Waals surface area contributed by atoms with Gasteiger partial charge in [-0.2, -0.15) is 0 Å². The van der Waals surface area contributed by atoms with Gasteiger partial charge in [0.1, 0.15) is 5.60 Å². The maximum Gasteiger partial charge on any atom is 0.342 e. The van der Waals surface area contributed by atoms with Gasteiger partial charge >= 0.3 is 5.97 Å². The van der Waals surface area contributed by atoms with E-state index in [0.717, 1.165) is 32.1 Å². The van der Waals surface area contributed by atoms with Crippen molar-refractivity contribution < 1.29 is 9.53 Å². The average molecular weight is 194 g/mol. The monoisotopic (exact) mass is 194 g/mol. The number of ether oxygens (including phenoxy) is 1. The molecule has 0 unspecified atom stereocenters. The van der Waals surface area contributed by atoms with Gasteiger partial charge in [-0.25, -0.2) is 4.79 Å². The second kappa shape index (κ2) is 4.47. The maximum absolute atomic E-state index is 11.5. The molecule has 0 N–H and O–H groups in total. The molecule has 1 aliphatic rings. The molecule has 0 spiro atoms. The van der Waals surface area contributed by atoms with Crippen LogP contribution in [0.25, 0.3) is 0 Å². The lowest BCUT2D eigenvalue weighted by Crippen LogP contribution is -2.31. The minimum atomic E-state index is -0.260. The molecule has 0 aromatic heterocycles. The number of rotatable bonds is 3. The second-order valence-electron chi connectivity index (χ2n) is 3.93. The molecule has 2 nitrogen and oxygen atoms in total. The van der Waals surface area contributed by atoms with Crippen molar-refractivity contribution in [1.29, 1.82) is 0 Å². The SMILES string of the molecule is C=C=C(C)C(=O)OC1(CC)CCCC1. The average Bonchev–Trinajstić information content (AvgIpc) is 2.65. The van der Waals surface area contributed by atoms with Gasteiger partial charge in [0.15, 0.2) is 0 Å². The van der Waals surface area contributed by atoms with E-state index < -0.39 is 0 Å². The van der Waals surface area contributed by atoms with Crippen molar-refractivity contribution in [3.8, 4) is 0 Å². The Balaban J connectivity index is 2.65. The molecular weight excluding hydrogens is 176 g/mol. The summed E-state index contributed by atoms with van der Waals surface area (Å²) < 4.78 is 5.52. The molecule has 1 aliphatic carbocycles. The van der Waals surface area contributed by atoms with Crippen molar-refractivity contribution in [2.24, 2.45) is 0 Å². The Labute approximate surface area is 85.6 Å². The number of esters is 1. The molecule has 1 saturated carbocycles. The molecule has 1 rings (SSSR count). The summed E-state index contributed by atoms with van der Waals surface area (Å²) in [6.07, 6.45) is 5.23. The van der Waals surface area contributed by atoms with Crippen LogP contribution >= 0.6 is 0 Å². The first-order valence-electron chi connectivity index (χ1n) is 5.23. The Morgan fingerprint density at radius 2 is 2.07 bits per heavy atom. The van der Waals surface area contributed by atoms with Crippen molar-refractivity contribution in [3.63, 3.8) is 0 Å². The standard InChI is InChI=1S/C12H18O2/c1-4-10(3)11(13)14-12(5-2)8-6-7-9-12/h1,5-9H2,2-3H3. The molecule has 0 amide bonds. The molecule has 1 fully saturated rings. The quantitative estimate of drug-likeness (QED) is 0.392. The van der Waals surface area contributed by atoms with Gasteiger partial charge in [-0.3, -0.25) is 0 Å². The van der Waals surface area contributed by atoms with Crippen LogP contribution in [0.1, 0.15) is 46.0 Å². The number of hydrogen-bond acceptors (Lipinski definition) is 2. The van der Waals surface area contributed by atoms with Crippen LogP contribution in [-0.4, -0.2) is 11.6 Å². The van der Waals surface area contributed by atoms with E-state index in [4.69, 9.17) is 4.74 Å². The number of carbonyl (C=O) groups is 1. The Morgan fingerprint density at radius 3 is 2.50 bits per heavy atom. The highest BCUT2D eigenvalue weighted by Gasteiger charge is 2.35. The maximum atomic E-state index is 11.5. The third kappa shape index (κ3) is 2.27. The highest BCUT2D eigenvalue weighted by Crippen LogP contribution is 2.36. The largest absolute Gasteiger partial charge is 0.455 e. The predicted molar refractivity (Wildman–Crippen MR) is 55.9 cm³/mol. The molecule has 14 heavy (non-hydrogen) atoms. The van der Waals surface area contributed by atoms with Crippen molar-refractivity contribution in [1.82, 2.24) is 0 Å². The lowest BCUT2D eigenvalue weighted by atomic mass is 9.99. The Hall–Kier alpha value is -1.01. The summed E-state index contributed by atoms with van der Waals surface area (Å²) in [7, 11) is 0. The molecular formula is C12H18O2. The number of hydrogen-bond donors (Lipinski definition) is 0. The Bertz CT molecular complexity index is 266. The van der Waals surface area contributed by atoms with Gasteiger partial charge in [-0.05, 0) is 39.0 Å². The van der Waals surface area contributed by atoms with E-state index in [1.165, 1.54) is 0 Å². The topological polar surface area (TPSA) is 26.3 Å². The van der Waals surface area contributed by atoms with E-state index in [0.29, 0.717) is 5.57 Å². The molecule has 0 saturated heterocycles. The van der Waals surface area contributed by atoms with Crippen LogP contribution in [0.5, 0.6) is 0 Å². The van der Waals surface area contributed by atoms with E-state index in [1.54, 1.807) is 6.92 Å². The van der Waals surface area contributed by atoms with Gasteiger partial charge in [-0.1, -0.05) is 13.5 Å². The van der Waals surface area contributed by atoms with E-state index in [-0.39, 0.29) is 11.6 Å². The van der Waals surface area contributed by atoms with Gasteiger partial charge < -0.3 is 4.74 Å². The van der Waals surface area contributed by atoms with Crippen molar-refractivity contribution >= 4 is 5.97 Å². The van der Waals surface area contributed by atoms with Gasteiger partial charge in [0, 0.05) is 0 Å². The lowest BCUT2D eigenvalue weighted by molar-refractivity contribution is -0.154. The fraction of sp³-hybridized carbons (Fsp3) is 0.667. The lowest BCUT2D eigenvalue weighted by Gasteiger charge is -2.27. The smallest absolute Gasteiger partial charge is 0.342 e. The molecule has 0 radical (unpaired) electrons. The summed E-state index contributed by atoms with van der Waals surface area (Å²) >= 11 is 0. The second-order valence-corrected chi connectivity index (χ2v) is 3.93. The summed E-state index contributed by atoms with van der Waals surface area (Å²) in [5.74, 6) is -0.260. The fourth-order valence-electron chi connectivity index (χ4n) is 1.89. The molecule has 78 valence electrons. The highest BCUT2D eigenvalue weighted by atomic mass is 16.6. The molecule has 0 atom stereocenters. The first kappa shape index (κ1) is 11.1. The zero-order valence-electron chi connectivity index (χ0n) is 9.06. The fourth-order valence-corrected chi connectivity index (χ4v) is 1.89. The van der Waals surface area contributed by atoms with Crippen LogP contribution in [0.2, 0.25) is 0 Å². The summed E-state index contributed by atoms with van der Waals surface area (Å²) in [6.45, 7) is 7.21. The van der Waals surface area contributed by atoms with Crippen LogP contribution in [-0.2, 0) is 9.53 Å². The minimum Gasteiger partial charge on any atom is -0.455 e. The molecule has 0 aliphatic heterocycles. The molecule has 0 bridgehead atoms. The van der Waals surface area contributed by atoms with Crippen LogP contribution < -0.4 is 0 Å². The predicted octanol–water partition coefficient (Wildman–Crippen LogP) is 2.98. The van der Waals surface area contributed by atoms with Crippen molar-refractivity contribution in [3.05, 3.63) is 17.9 Å². The minimum absolute atomic E-state index is 0.199. The van der Waals surface area contributed by atoms with Crippen LogP contribution in [0.4, 0.5) is 0 Å². The van der Waals surface area contributed by atoms with E-state index in [9.17, 15) is 4.79 Å². The summed E-state index contributed by atoms with van der Waals surface area (Å²) in [4.78, 5) is 11.5. The zero-order valence-corrected chi connectivity index (χ0v) is 9.06.